The highest BCUT2D eigenvalue weighted by atomic mass is 15.0. The Labute approximate surface area is 141 Å². The summed E-state index contributed by atoms with van der Waals surface area (Å²) < 4.78 is 0. The fourth-order valence-corrected chi connectivity index (χ4v) is 4.00. The second-order valence-corrected chi connectivity index (χ2v) is 7.22. The van der Waals surface area contributed by atoms with Crippen molar-refractivity contribution >= 4 is 5.82 Å². The Morgan fingerprint density at radius 1 is 1.22 bits per heavy atom. The maximum atomic E-state index is 4.78. The zero-order valence-corrected chi connectivity index (χ0v) is 14.0. The fourth-order valence-electron chi connectivity index (χ4n) is 4.00. The van der Waals surface area contributed by atoms with Gasteiger partial charge in [0.1, 0.15) is 5.82 Å². The van der Waals surface area contributed by atoms with Crippen LogP contribution in [-0.4, -0.2) is 24.6 Å². The molecule has 1 unspecified atom stereocenters. The van der Waals surface area contributed by atoms with Gasteiger partial charge in [0.25, 0.3) is 0 Å². The standard InChI is InChI=1S/C20H28N3.H2/c1(2-11-21-14-17-6-3-5-16-13-19(16)17)8-18-10-9-15-7-4-12-22-20(15)23-18;/h9-10,13,17,21H,1-8,11-12,14H2,(H,22,23);1H. The highest BCUT2D eigenvalue weighted by molar-refractivity contribution is 5.53. The molecular weight excluding hydrogens is 282 g/mol. The summed E-state index contributed by atoms with van der Waals surface area (Å²) in [4.78, 5) is 4.78. The van der Waals surface area contributed by atoms with Crippen LogP contribution in [0.15, 0.2) is 23.3 Å². The number of hydrogen-bond donors (Lipinski definition) is 2. The lowest BCUT2D eigenvalue weighted by molar-refractivity contribution is 0.483. The molecule has 0 saturated heterocycles. The van der Waals surface area contributed by atoms with E-state index in [0.717, 1.165) is 31.2 Å². The molecule has 1 atom stereocenters. The minimum atomic E-state index is 0. The van der Waals surface area contributed by atoms with Crippen molar-refractivity contribution in [3.63, 3.8) is 0 Å². The molecule has 2 N–H and O–H groups in total. The van der Waals surface area contributed by atoms with E-state index in [1.807, 2.05) is 0 Å². The molecule has 3 heteroatoms. The summed E-state index contributed by atoms with van der Waals surface area (Å²) in [6.07, 6.45) is 12.5. The SMILES string of the molecule is [CH]1C2=C1C(CNCCCCc1ccc3c(n1)NCCC3)CCC2.[HH]. The first kappa shape index (κ1) is 15.2. The largest absolute Gasteiger partial charge is 0.370 e. The van der Waals surface area contributed by atoms with Gasteiger partial charge in [0, 0.05) is 26.6 Å². The van der Waals surface area contributed by atoms with Crippen molar-refractivity contribution < 1.29 is 1.43 Å². The van der Waals surface area contributed by atoms with Gasteiger partial charge in [0.05, 0.1) is 0 Å². The van der Waals surface area contributed by atoms with Gasteiger partial charge in [-0.2, -0.15) is 0 Å². The quantitative estimate of drug-likeness (QED) is 0.750. The van der Waals surface area contributed by atoms with E-state index in [1.165, 1.54) is 62.7 Å². The molecule has 0 fully saturated rings. The molecule has 125 valence electrons. The summed E-state index contributed by atoms with van der Waals surface area (Å²) in [6, 6.07) is 4.49. The van der Waals surface area contributed by atoms with E-state index < -0.39 is 0 Å². The van der Waals surface area contributed by atoms with E-state index in [4.69, 9.17) is 4.98 Å². The highest BCUT2D eigenvalue weighted by Gasteiger charge is 2.32. The summed E-state index contributed by atoms with van der Waals surface area (Å²) in [7, 11) is 0. The molecule has 2 aliphatic carbocycles. The van der Waals surface area contributed by atoms with Crippen LogP contribution in [0.2, 0.25) is 0 Å². The number of nitrogens with zero attached hydrogens (tertiary/aromatic N) is 1. The Bertz CT molecular complexity index is 597. The lowest BCUT2D eigenvalue weighted by atomic mass is 9.95. The number of fused-ring (bicyclic) bond motifs is 1. The summed E-state index contributed by atoms with van der Waals surface area (Å²) >= 11 is 0. The molecule has 2 heterocycles. The predicted molar refractivity (Wildman–Crippen MR) is 97.6 cm³/mol. The van der Waals surface area contributed by atoms with Crippen LogP contribution in [0.4, 0.5) is 5.82 Å². The Morgan fingerprint density at radius 3 is 3.22 bits per heavy atom. The number of pyridine rings is 1. The third kappa shape index (κ3) is 3.77. The normalized spacial score (nSPS) is 22.3. The molecule has 1 radical (unpaired) electrons. The van der Waals surface area contributed by atoms with Crippen molar-refractivity contribution in [2.24, 2.45) is 5.92 Å². The molecule has 0 bridgehead atoms. The van der Waals surface area contributed by atoms with Crippen molar-refractivity contribution in [3.8, 4) is 0 Å². The molecular formula is C20H30N3. The highest BCUT2D eigenvalue weighted by Crippen LogP contribution is 2.45. The van der Waals surface area contributed by atoms with Gasteiger partial charge in [0.15, 0.2) is 0 Å². The van der Waals surface area contributed by atoms with Gasteiger partial charge in [-0.05, 0) is 75.5 Å². The second kappa shape index (κ2) is 7.04. The summed E-state index contributed by atoms with van der Waals surface area (Å²) in [5.41, 5.74) is 5.97. The predicted octanol–water partition coefficient (Wildman–Crippen LogP) is 3.91. The molecule has 23 heavy (non-hydrogen) atoms. The topological polar surface area (TPSA) is 37.0 Å². The Balaban J connectivity index is 0.00000169. The maximum Gasteiger partial charge on any atom is 0.129 e. The Hall–Kier alpha value is -1.35. The van der Waals surface area contributed by atoms with Crippen LogP contribution in [0, 0.1) is 12.3 Å². The van der Waals surface area contributed by atoms with E-state index in [9.17, 15) is 0 Å². The zero-order valence-electron chi connectivity index (χ0n) is 14.0. The number of nitrogens with one attached hydrogen (secondary N) is 2. The maximum absolute atomic E-state index is 4.78. The van der Waals surface area contributed by atoms with Crippen molar-refractivity contribution in [2.75, 3.05) is 25.0 Å². The van der Waals surface area contributed by atoms with Gasteiger partial charge in [-0.3, -0.25) is 0 Å². The van der Waals surface area contributed by atoms with Gasteiger partial charge >= 0.3 is 0 Å². The average Bonchev–Trinajstić information content (AvgIpc) is 3.38. The van der Waals surface area contributed by atoms with Crippen LogP contribution >= 0.6 is 0 Å². The number of hydrogen-bond acceptors (Lipinski definition) is 3. The first-order valence-corrected chi connectivity index (χ1v) is 9.41. The Kier molecular flexibility index (Phi) is 4.65. The van der Waals surface area contributed by atoms with Gasteiger partial charge in [-0.25, -0.2) is 4.98 Å². The molecule has 3 aliphatic rings. The second-order valence-electron chi connectivity index (χ2n) is 7.22. The molecule has 4 rings (SSSR count). The monoisotopic (exact) mass is 312 g/mol. The third-order valence-corrected chi connectivity index (χ3v) is 5.43. The van der Waals surface area contributed by atoms with Gasteiger partial charge < -0.3 is 10.6 Å². The van der Waals surface area contributed by atoms with Gasteiger partial charge in [0.2, 0.25) is 0 Å². The zero-order chi connectivity index (χ0) is 15.5. The van der Waals surface area contributed by atoms with Crippen LogP contribution in [-0.2, 0) is 12.8 Å². The molecule has 1 aromatic heterocycles. The van der Waals surface area contributed by atoms with Crippen molar-refractivity contribution in [1.29, 1.82) is 0 Å². The molecule has 0 spiro atoms. The summed E-state index contributed by atoms with van der Waals surface area (Å²) in [6.45, 7) is 3.39. The molecule has 1 aliphatic heterocycles. The van der Waals surface area contributed by atoms with Gasteiger partial charge in [-0.1, -0.05) is 17.2 Å². The van der Waals surface area contributed by atoms with Gasteiger partial charge in [-0.15, -0.1) is 0 Å². The number of aryl methyl sites for hydroxylation is 2. The van der Waals surface area contributed by atoms with E-state index in [-0.39, 0.29) is 1.43 Å². The van der Waals surface area contributed by atoms with E-state index >= 15 is 0 Å². The summed E-state index contributed by atoms with van der Waals surface area (Å²) in [5, 5.41) is 7.09. The minimum absolute atomic E-state index is 0. The first-order chi connectivity index (χ1) is 11.4. The van der Waals surface area contributed by atoms with Crippen LogP contribution < -0.4 is 10.6 Å². The molecule has 0 aromatic carbocycles. The van der Waals surface area contributed by atoms with E-state index in [0.29, 0.717) is 0 Å². The molecule has 0 amide bonds. The Morgan fingerprint density at radius 2 is 2.22 bits per heavy atom. The lowest BCUT2D eigenvalue weighted by Crippen LogP contribution is -2.24. The van der Waals surface area contributed by atoms with Crippen LogP contribution in [0.5, 0.6) is 0 Å². The molecule has 3 nitrogen and oxygen atoms in total. The number of aromatic nitrogens is 1. The lowest BCUT2D eigenvalue weighted by Gasteiger charge is -2.18. The van der Waals surface area contributed by atoms with Crippen molar-refractivity contribution in [3.05, 3.63) is 41.0 Å². The fraction of sp³-hybridized carbons (Fsp3) is 0.600. The van der Waals surface area contributed by atoms with E-state index in [1.54, 1.807) is 11.1 Å². The van der Waals surface area contributed by atoms with E-state index in [2.05, 4.69) is 29.2 Å². The smallest absolute Gasteiger partial charge is 0.129 e. The first-order valence-electron chi connectivity index (χ1n) is 9.41. The van der Waals surface area contributed by atoms with Crippen LogP contribution in [0.25, 0.3) is 0 Å². The molecule has 0 saturated carbocycles. The number of rotatable bonds is 7. The van der Waals surface area contributed by atoms with Crippen molar-refractivity contribution in [2.45, 2.75) is 51.4 Å². The average molecular weight is 312 g/mol. The summed E-state index contributed by atoms with van der Waals surface area (Å²) in [5.74, 6) is 1.95. The number of unbranched alkanes of at least 4 members (excludes halogenated alkanes) is 1. The minimum Gasteiger partial charge on any atom is -0.370 e. The van der Waals surface area contributed by atoms with Crippen LogP contribution in [0.1, 0.15) is 51.2 Å². The van der Waals surface area contributed by atoms with Crippen LogP contribution in [0.3, 0.4) is 0 Å². The number of allylic oxidation sites excluding steroid dienone is 1. The van der Waals surface area contributed by atoms with Crippen molar-refractivity contribution in [1.82, 2.24) is 10.3 Å². The number of anilines is 1. The third-order valence-electron chi connectivity index (χ3n) is 5.43. The molecule has 1 aromatic rings.